The lowest BCUT2D eigenvalue weighted by Crippen LogP contribution is -2.62. The predicted octanol–water partition coefficient (Wildman–Crippen LogP) is -3.70. The van der Waals surface area contributed by atoms with Crippen LogP contribution in [0, 0.1) is 0 Å². The number of aliphatic hydroxyl groups is 5. The summed E-state index contributed by atoms with van der Waals surface area (Å²) in [6.45, 7) is -0.382. The minimum Gasteiger partial charge on any atom is -0.394 e. The third-order valence-corrected chi connectivity index (χ3v) is 4.44. The Morgan fingerprint density at radius 2 is 1.70 bits per heavy atom. The summed E-state index contributed by atoms with van der Waals surface area (Å²) in [7, 11) is 1.39. The molecule has 3 rings (SSSR count). The molecule has 0 radical (unpaired) electrons. The number of methoxy groups -OCH3 is 1. The van der Waals surface area contributed by atoms with Gasteiger partial charge in [0.25, 0.3) is 0 Å². The maximum absolute atomic E-state index is 10.1. The van der Waals surface area contributed by atoms with Crippen molar-refractivity contribution in [2.45, 2.75) is 61.4 Å². The summed E-state index contributed by atoms with van der Waals surface area (Å²) in [5.74, 6) is 0. The molecule has 2 bridgehead atoms. The fourth-order valence-electron chi connectivity index (χ4n) is 3.12. The van der Waals surface area contributed by atoms with Gasteiger partial charge in [0, 0.05) is 7.11 Å². The van der Waals surface area contributed by atoms with E-state index < -0.39 is 68.0 Å². The molecule has 10 atom stereocenters. The summed E-state index contributed by atoms with van der Waals surface area (Å²) in [5, 5.41) is 48.8. The Hall–Kier alpha value is -0.400. The predicted molar refractivity (Wildman–Crippen MR) is 70.1 cm³/mol. The third-order valence-electron chi connectivity index (χ3n) is 4.44. The smallest absolute Gasteiger partial charge is 0.187 e. The van der Waals surface area contributed by atoms with Gasteiger partial charge in [0.2, 0.25) is 0 Å². The first kappa shape index (κ1) is 17.4. The normalized spacial score (nSPS) is 53.5. The van der Waals surface area contributed by atoms with Crippen molar-refractivity contribution in [3.05, 3.63) is 0 Å². The summed E-state index contributed by atoms with van der Waals surface area (Å²) in [6.07, 6.45) is -10.9. The molecule has 10 heteroatoms. The summed E-state index contributed by atoms with van der Waals surface area (Å²) < 4.78 is 26.9. The lowest BCUT2D eigenvalue weighted by Gasteiger charge is -2.43. The highest BCUT2D eigenvalue weighted by molar-refractivity contribution is 4.98. The molecule has 3 aliphatic rings. The zero-order chi connectivity index (χ0) is 16.7. The Morgan fingerprint density at radius 3 is 2.35 bits per heavy atom. The van der Waals surface area contributed by atoms with Gasteiger partial charge in [-0.15, -0.1) is 0 Å². The molecule has 5 N–H and O–H groups in total. The van der Waals surface area contributed by atoms with Crippen LogP contribution in [0.3, 0.4) is 0 Å². The quantitative estimate of drug-likeness (QED) is 0.347. The topological polar surface area (TPSA) is 147 Å². The van der Waals surface area contributed by atoms with Crippen molar-refractivity contribution >= 4 is 0 Å². The van der Waals surface area contributed by atoms with Crippen molar-refractivity contribution in [3.8, 4) is 0 Å². The van der Waals surface area contributed by atoms with Crippen molar-refractivity contribution in [3.63, 3.8) is 0 Å². The Morgan fingerprint density at radius 1 is 0.957 bits per heavy atom. The molecule has 3 heterocycles. The number of rotatable bonds is 4. The Kier molecular flexibility index (Phi) is 5.18. The number of hydrogen-bond acceptors (Lipinski definition) is 10. The van der Waals surface area contributed by atoms with E-state index >= 15 is 0 Å². The van der Waals surface area contributed by atoms with E-state index in [1.54, 1.807) is 0 Å². The first-order valence-electron chi connectivity index (χ1n) is 7.41. The molecular weight excluding hydrogens is 316 g/mol. The molecule has 3 fully saturated rings. The fraction of sp³-hybridized carbons (Fsp3) is 1.00. The molecular formula is C13H22O10. The standard InChI is InChI=1S/C13H22O10/c1-19-12-9(18)11-10(5(22-12)3-20-11)23-13-8(17)7(16)6(15)4(2-14)21-13/h4-18H,2-3H2,1H3/t4-,5+,6+,7+,8-,9-,10?,11+,12-,13+/m1/s1. The van der Waals surface area contributed by atoms with Crippen molar-refractivity contribution in [1.82, 2.24) is 0 Å². The van der Waals surface area contributed by atoms with E-state index in [2.05, 4.69) is 0 Å². The molecule has 1 unspecified atom stereocenters. The zero-order valence-corrected chi connectivity index (χ0v) is 12.5. The molecule has 0 aromatic heterocycles. The fourth-order valence-corrected chi connectivity index (χ4v) is 3.12. The third kappa shape index (κ3) is 3.00. The van der Waals surface area contributed by atoms with Gasteiger partial charge in [0.05, 0.1) is 13.2 Å². The number of fused-ring (bicyclic) bond motifs is 2. The zero-order valence-electron chi connectivity index (χ0n) is 12.5. The van der Waals surface area contributed by atoms with Crippen LogP contribution in [0.5, 0.6) is 0 Å². The van der Waals surface area contributed by atoms with E-state index in [4.69, 9.17) is 23.7 Å². The second kappa shape index (κ2) is 6.84. The van der Waals surface area contributed by atoms with Crippen molar-refractivity contribution < 1.29 is 49.2 Å². The second-order valence-electron chi connectivity index (χ2n) is 5.87. The van der Waals surface area contributed by atoms with Gasteiger partial charge >= 0.3 is 0 Å². The largest absolute Gasteiger partial charge is 0.394 e. The number of aliphatic hydroxyl groups excluding tert-OH is 5. The summed E-state index contributed by atoms with van der Waals surface area (Å²) >= 11 is 0. The minimum atomic E-state index is -1.54. The summed E-state index contributed by atoms with van der Waals surface area (Å²) in [4.78, 5) is 0. The van der Waals surface area contributed by atoms with Gasteiger partial charge in [-0.2, -0.15) is 0 Å². The Balaban J connectivity index is 1.69. The second-order valence-corrected chi connectivity index (χ2v) is 5.87. The van der Waals surface area contributed by atoms with E-state index in [1.807, 2.05) is 0 Å². The Labute approximate surface area is 132 Å². The van der Waals surface area contributed by atoms with E-state index in [1.165, 1.54) is 7.11 Å². The minimum absolute atomic E-state index is 0.170. The molecule has 0 aromatic carbocycles. The van der Waals surface area contributed by atoms with Crippen LogP contribution in [0.15, 0.2) is 0 Å². The van der Waals surface area contributed by atoms with Crippen molar-refractivity contribution in [1.29, 1.82) is 0 Å². The number of hydrogen-bond donors (Lipinski definition) is 5. The molecule has 10 nitrogen and oxygen atoms in total. The van der Waals surface area contributed by atoms with Crippen molar-refractivity contribution in [2.75, 3.05) is 20.3 Å². The first-order chi connectivity index (χ1) is 11.0. The van der Waals surface area contributed by atoms with Crippen LogP contribution < -0.4 is 0 Å². The maximum atomic E-state index is 10.1. The highest BCUT2D eigenvalue weighted by atomic mass is 16.8. The van der Waals surface area contributed by atoms with E-state index in [0.717, 1.165) is 0 Å². The lowest BCUT2D eigenvalue weighted by molar-refractivity contribution is -0.338. The van der Waals surface area contributed by atoms with Crippen LogP contribution in [-0.4, -0.2) is 107 Å². The van der Waals surface area contributed by atoms with Crippen molar-refractivity contribution in [2.24, 2.45) is 0 Å². The van der Waals surface area contributed by atoms with Crippen LogP contribution >= 0.6 is 0 Å². The number of ether oxygens (including phenoxy) is 5. The molecule has 3 saturated heterocycles. The van der Waals surface area contributed by atoms with Crippen LogP contribution in [-0.2, 0) is 23.7 Å². The lowest BCUT2D eigenvalue weighted by atomic mass is 9.98. The van der Waals surface area contributed by atoms with Gasteiger partial charge in [-0.3, -0.25) is 0 Å². The van der Waals surface area contributed by atoms with Gasteiger partial charge in [0.15, 0.2) is 12.6 Å². The van der Waals surface area contributed by atoms with Crippen LogP contribution in [0.25, 0.3) is 0 Å². The molecule has 0 saturated carbocycles. The van der Waals surface area contributed by atoms with Gasteiger partial charge in [0.1, 0.15) is 48.8 Å². The van der Waals surface area contributed by atoms with E-state index in [9.17, 15) is 25.5 Å². The monoisotopic (exact) mass is 338 g/mol. The maximum Gasteiger partial charge on any atom is 0.187 e. The molecule has 0 aromatic rings. The first-order valence-corrected chi connectivity index (χ1v) is 7.41. The molecule has 0 spiro atoms. The summed E-state index contributed by atoms with van der Waals surface area (Å²) in [6, 6.07) is 0. The summed E-state index contributed by atoms with van der Waals surface area (Å²) in [5.41, 5.74) is 0. The SMILES string of the molecule is CO[C@@H]1O[C@H]2CO[C@H](C2O[C@@H]2O[C@H](CO)[C@H](O)[C@H](O)[C@H]2O)[C@H]1O. The molecule has 0 aliphatic carbocycles. The van der Waals surface area contributed by atoms with E-state index in [-0.39, 0.29) is 6.61 Å². The average molecular weight is 338 g/mol. The highest BCUT2D eigenvalue weighted by Gasteiger charge is 2.54. The molecule has 23 heavy (non-hydrogen) atoms. The van der Waals surface area contributed by atoms with Crippen LogP contribution in [0.2, 0.25) is 0 Å². The molecule has 3 aliphatic heterocycles. The Bertz CT molecular complexity index is 406. The molecule has 134 valence electrons. The van der Waals surface area contributed by atoms with Gasteiger partial charge in [-0.05, 0) is 0 Å². The van der Waals surface area contributed by atoms with Gasteiger partial charge < -0.3 is 49.2 Å². The average Bonchev–Trinajstić information content (AvgIpc) is 2.86. The van der Waals surface area contributed by atoms with Crippen LogP contribution in [0.1, 0.15) is 0 Å². The van der Waals surface area contributed by atoms with E-state index in [0.29, 0.717) is 0 Å². The highest BCUT2D eigenvalue weighted by Crippen LogP contribution is 2.34. The van der Waals surface area contributed by atoms with Gasteiger partial charge in [-0.1, -0.05) is 0 Å². The molecule has 0 amide bonds. The van der Waals surface area contributed by atoms with Gasteiger partial charge in [-0.25, -0.2) is 0 Å². The van der Waals surface area contributed by atoms with Crippen LogP contribution in [0.4, 0.5) is 0 Å².